The zero-order valence-electron chi connectivity index (χ0n) is 9.91. The number of halogens is 3. The van der Waals surface area contributed by atoms with Crippen molar-refractivity contribution in [3.05, 3.63) is 63.4 Å². The predicted octanol–water partition coefficient (Wildman–Crippen LogP) is 3.99. The first kappa shape index (κ1) is 14.1. The highest BCUT2D eigenvalue weighted by Gasteiger charge is 2.14. The quantitative estimate of drug-likeness (QED) is 0.842. The van der Waals surface area contributed by atoms with Crippen LogP contribution in [0.3, 0.4) is 0 Å². The molecular formula is C14H12Cl2FNO. The van der Waals surface area contributed by atoms with Gasteiger partial charge in [-0.15, -0.1) is 0 Å². The molecule has 5 heteroatoms. The van der Waals surface area contributed by atoms with E-state index in [1.165, 1.54) is 18.2 Å². The Bertz CT molecular complexity index is 604. The summed E-state index contributed by atoms with van der Waals surface area (Å²) in [5, 5.41) is 11.0. The van der Waals surface area contributed by atoms with Crippen LogP contribution in [-0.4, -0.2) is 5.11 Å². The molecule has 1 unspecified atom stereocenters. The normalized spacial score (nSPS) is 12.4. The highest BCUT2D eigenvalue weighted by atomic mass is 35.5. The van der Waals surface area contributed by atoms with Gasteiger partial charge in [0, 0.05) is 27.7 Å². The first-order chi connectivity index (χ1) is 8.97. The van der Waals surface area contributed by atoms with Crippen LogP contribution < -0.4 is 5.73 Å². The zero-order valence-corrected chi connectivity index (χ0v) is 11.4. The Morgan fingerprint density at radius 3 is 2.42 bits per heavy atom. The second-order valence-electron chi connectivity index (χ2n) is 4.23. The van der Waals surface area contributed by atoms with Gasteiger partial charge in [-0.25, -0.2) is 4.39 Å². The van der Waals surface area contributed by atoms with Crippen molar-refractivity contribution in [3.8, 4) is 0 Å². The first-order valence-corrected chi connectivity index (χ1v) is 6.40. The smallest absolute Gasteiger partial charge is 0.126 e. The maximum absolute atomic E-state index is 13.6. The molecular weight excluding hydrogens is 288 g/mol. The average molecular weight is 300 g/mol. The van der Waals surface area contributed by atoms with Crippen molar-refractivity contribution < 1.29 is 9.50 Å². The van der Waals surface area contributed by atoms with Crippen LogP contribution in [0.25, 0.3) is 0 Å². The van der Waals surface area contributed by atoms with Crippen LogP contribution in [0.1, 0.15) is 17.2 Å². The van der Waals surface area contributed by atoms with E-state index in [0.29, 0.717) is 26.9 Å². The molecule has 0 fully saturated rings. The first-order valence-electron chi connectivity index (χ1n) is 5.64. The molecule has 100 valence electrons. The van der Waals surface area contributed by atoms with Crippen LogP contribution in [0.4, 0.5) is 10.1 Å². The second-order valence-corrected chi connectivity index (χ2v) is 5.10. The lowest BCUT2D eigenvalue weighted by Crippen LogP contribution is -2.06. The largest absolute Gasteiger partial charge is 0.398 e. The highest BCUT2D eigenvalue weighted by Crippen LogP contribution is 2.28. The van der Waals surface area contributed by atoms with E-state index in [1.807, 2.05) is 0 Å². The molecule has 0 bridgehead atoms. The van der Waals surface area contributed by atoms with Crippen LogP contribution in [0.2, 0.25) is 10.0 Å². The highest BCUT2D eigenvalue weighted by molar-refractivity contribution is 6.31. The molecule has 0 saturated heterocycles. The van der Waals surface area contributed by atoms with Crippen LogP contribution in [0, 0.1) is 5.82 Å². The lowest BCUT2D eigenvalue weighted by Gasteiger charge is -2.14. The molecule has 3 N–H and O–H groups in total. The zero-order chi connectivity index (χ0) is 14.0. The van der Waals surface area contributed by atoms with Crippen molar-refractivity contribution >= 4 is 28.9 Å². The Morgan fingerprint density at radius 2 is 1.74 bits per heavy atom. The van der Waals surface area contributed by atoms with Gasteiger partial charge >= 0.3 is 0 Å². The fourth-order valence-electron chi connectivity index (χ4n) is 1.87. The van der Waals surface area contributed by atoms with E-state index in [1.54, 1.807) is 18.2 Å². The molecule has 0 amide bonds. The number of nitrogen functional groups attached to an aromatic ring is 1. The van der Waals surface area contributed by atoms with E-state index in [-0.39, 0.29) is 6.42 Å². The summed E-state index contributed by atoms with van der Waals surface area (Å²) in [7, 11) is 0. The van der Waals surface area contributed by atoms with E-state index < -0.39 is 11.9 Å². The molecule has 0 aromatic heterocycles. The van der Waals surface area contributed by atoms with Gasteiger partial charge in [-0.2, -0.15) is 0 Å². The summed E-state index contributed by atoms with van der Waals surface area (Å²) in [5.74, 6) is -0.406. The van der Waals surface area contributed by atoms with Gasteiger partial charge < -0.3 is 10.8 Å². The molecule has 2 rings (SSSR count). The molecule has 0 aliphatic rings. The number of benzene rings is 2. The van der Waals surface area contributed by atoms with E-state index in [4.69, 9.17) is 28.9 Å². The minimum absolute atomic E-state index is 0.0955. The SMILES string of the molecule is Nc1cc(Cl)ccc1C(O)Cc1cc(Cl)ccc1F. The Morgan fingerprint density at radius 1 is 1.11 bits per heavy atom. The molecule has 1 atom stereocenters. The Hall–Kier alpha value is -1.29. The lowest BCUT2D eigenvalue weighted by atomic mass is 10.00. The third-order valence-corrected chi connectivity index (χ3v) is 3.30. The summed E-state index contributed by atoms with van der Waals surface area (Å²) in [6.45, 7) is 0. The van der Waals surface area contributed by atoms with Crippen LogP contribution in [-0.2, 0) is 6.42 Å². The molecule has 2 aromatic carbocycles. The fraction of sp³-hybridized carbons (Fsp3) is 0.143. The summed E-state index contributed by atoms with van der Waals surface area (Å²) in [6, 6.07) is 9.04. The molecule has 0 saturated carbocycles. The molecule has 0 heterocycles. The number of anilines is 1. The maximum Gasteiger partial charge on any atom is 0.126 e. The van der Waals surface area contributed by atoms with Crippen LogP contribution in [0.5, 0.6) is 0 Å². The Balaban J connectivity index is 2.25. The van der Waals surface area contributed by atoms with Crippen LogP contribution >= 0.6 is 23.2 Å². The van der Waals surface area contributed by atoms with E-state index in [9.17, 15) is 9.50 Å². The van der Waals surface area contributed by atoms with E-state index in [0.717, 1.165) is 0 Å². The number of hydrogen-bond donors (Lipinski definition) is 2. The van der Waals surface area contributed by atoms with Crippen molar-refractivity contribution in [1.29, 1.82) is 0 Å². The third kappa shape index (κ3) is 3.38. The van der Waals surface area contributed by atoms with Crippen LogP contribution in [0.15, 0.2) is 36.4 Å². The predicted molar refractivity (Wildman–Crippen MR) is 75.9 cm³/mol. The summed E-state index contributed by atoms with van der Waals surface area (Å²) >= 11 is 11.6. The summed E-state index contributed by atoms with van der Waals surface area (Å²) < 4.78 is 13.6. The Kier molecular flexibility index (Phi) is 4.30. The lowest BCUT2D eigenvalue weighted by molar-refractivity contribution is 0.178. The van der Waals surface area contributed by atoms with Gasteiger partial charge in [-0.05, 0) is 35.9 Å². The van der Waals surface area contributed by atoms with Gasteiger partial charge in [-0.3, -0.25) is 0 Å². The molecule has 2 nitrogen and oxygen atoms in total. The molecule has 2 aromatic rings. The van der Waals surface area contributed by atoms with Gasteiger partial charge in [0.2, 0.25) is 0 Å². The number of rotatable bonds is 3. The topological polar surface area (TPSA) is 46.2 Å². The standard InChI is InChI=1S/C14H12Cl2FNO/c15-9-2-4-12(17)8(5-9)6-14(19)11-3-1-10(16)7-13(11)18/h1-5,7,14,19H,6,18H2. The number of aliphatic hydroxyl groups excluding tert-OH is 1. The van der Waals surface area contributed by atoms with Crippen molar-refractivity contribution in [2.45, 2.75) is 12.5 Å². The molecule has 0 aliphatic heterocycles. The average Bonchev–Trinajstić information content (AvgIpc) is 2.33. The molecule has 0 aliphatic carbocycles. The third-order valence-electron chi connectivity index (χ3n) is 2.83. The summed E-state index contributed by atoms with van der Waals surface area (Å²) in [5.41, 5.74) is 7.02. The number of aliphatic hydroxyl groups is 1. The summed E-state index contributed by atoms with van der Waals surface area (Å²) in [4.78, 5) is 0. The Labute approximate surface area is 120 Å². The van der Waals surface area contributed by atoms with Crippen molar-refractivity contribution in [2.24, 2.45) is 0 Å². The maximum atomic E-state index is 13.6. The van der Waals surface area contributed by atoms with Crippen molar-refractivity contribution in [3.63, 3.8) is 0 Å². The van der Waals surface area contributed by atoms with E-state index >= 15 is 0 Å². The number of hydrogen-bond acceptors (Lipinski definition) is 2. The van der Waals surface area contributed by atoms with Gasteiger partial charge in [0.25, 0.3) is 0 Å². The number of nitrogens with two attached hydrogens (primary N) is 1. The van der Waals surface area contributed by atoms with Crippen molar-refractivity contribution in [2.75, 3.05) is 5.73 Å². The minimum atomic E-state index is -0.912. The van der Waals surface area contributed by atoms with Gasteiger partial charge in [-0.1, -0.05) is 29.3 Å². The van der Waals surface area contributed by atoms with E-state index in [2.05, 4.69) is 0 Å². The molecule has 0 spiro atoms. The molecule has 19 heavy (non-hydrogen) atoms. The van der Waals surface area contributed by atoms with Crippen molar-refractivity contribution in [1.82, 2.24) is 0 Å². The van der Waals surface area contributed by atoms with Gasteiger partial charge in [0.1, 0.15) is 5.82 Å². The second kappa shape index (κ2) is 5.78. The monoisotopic (exact) mass is 299 g/mol. The van der Waals surface area contributed by atoms with Gasteiger partial charge in [0.15, 0.2) is 0 Å². The summed E-state index contributed by atoms with van der Waals surface area (Å²) in [6.07, 6.45) is -0.816. The van der Waals surface area contributed by atoms with Gasteiger partial charge in [0.05, 0.1) is 6.10 Å². The molecule has 0 radical (unpaired) electrons. The fourth-order valence-corrected chi connectivity index (χ4v) is 2.24. The minimum Gasteiger partial charge on any atom is -0.398 e.